The van der Waals surface area contributed by atoms with E-state index in [0.29, 0.717) is 23.3 Å². The average molecular weight is 283 g/mol. The average Bonchev–Trinajstić information content (AvgIpc) is 2.96. The van der Waals surface area contributed by atoms with Crippen molar-refractivity contribution >= 4 is 22.5 Å². The van der Waals surface area contributed by atoms with Gasteiger partial charge >= 0.3 is 0 Å². The molecule has 1 aromatic carbocycles. The van der Waals surface area contributed by atoms with Crippen LogP contribution in [0.2, 0.25) is 0 Å². The number of nitrogen functional groups attached to an aromatic ring is 1. The molecular formula is C17H21N3O. The number of carbonyl (C=O) groups is 1. The van der Waals surface area contributed by atoms with E-state index in [1.54, 1.807) is 6.07 Å². The summed E-state index contributed by atoms with van der Waals surface area (Å²) < 4.78 is 0. The Balaban J connectivity index is 1.98. The van der Waals surface area contributed by atoms with Gasteiger partial charge in [0, 0.05) is 23.7 Å². The van der Waals surface area contributed by atoms with Crippen LogP contribution in [-0.2, 0) is 0 Å². The molecule has 2 aromatic rings. The van der Waals surface area contributed by atoms with Crippen LogP contribution in [0.1, 0.15) is 37.2 Å². The van der Waals surface area contributed by atoms with Crippen molar-refractivity contribution in [3.63, 3.8) is 0 Å². The first kappa shape index (κ1) is 13.9. The molecule has 0 aliphatic carbocycles. The van der Waals surface area contributed by atoms with Crippen molar-refractivity contribution in [3.05, 3.63) is 36.0 Å². The number of benzene rings is 1. The summed E-state index contributed by atoms with van der Waals surface area (Å²) in [6.45, 7) is 5.15. The normalized spacial score (nSPS) is 18.6. The second-order valence-electron chi connectivity index (χ2n) is 6.07. The van der Waals surface area contributed by atoms with Gasteiger partial charge in [0.25, 0.3) is 5.91 Å². The summed E-state index contributed by atoms with van der Waals surface area (Å²) in [5, 5.41) is 0.899. The van der Waals surface area contributed by atoms with Crippen LogP contribution in [0.5, 0.6) is 0 Å². The van der Waals surface area contributed by atoms with E-state index in [4.69, 9.17) is 5.73 Å². The lowest BCUT2D eigenvalue weighted by Crippen LogP contribution is -2.38. The molecule has 0 spiro atoms. The van der Waals surface area contributed by atoms with Crippen molar-refractivity contribution in [1.82, 2.24) is 9.88 Å². The minimum absolute atomic E-state index is 0.00338. The maximum Gasteiger partial charge on any atom is 0.272 e. The first-order valence-electron chi connectivity index (χ1n) is 7.54. The van der Waals surface area contributed by atoms with Gasteiger partial charge in [-0.25, -0.2) is 4.98 Å². The highest BCUT2D eigenvalue weighted by Crippen LogP contribution is 2.27. The van der Waals surface area contributed by atoms with E-state index in [1.807, 2.05) is 29.2 Å². The Morgan fingerprint density at radius 3 is 2.90 bits per heavy atom. The van der Waals surface area contributed by atoms with Crippen molar-refractivity contribution in [2.24, 2.45) is 5.92 Å². The smallest absolute Gasteiger partial charge is 0.272 e. The van der Waals surface area contributed by atoms with E-state index in [9.17, 15) is 4.79 Å². The molecule has 2 N–H and O–H groups in total. The van der Waals surface area contributed by atoms with Crippen LogP contribution in [0.25, 0.3) is 10.9 Å². The number of aromatic nitrogens is 1. The third-order valence-corrected chi connectivity index (χ3v) is 4.30. The fraction of sp³-hybridized carbons (Fsp3) is 0.412. The third kappa shape index (κ3) is 2.46. The van der Waals surface area contributed by atoms with Gasteiger partial charge in [0.15, 0.2) is 0 Å². The molecule has 0 radical (unpaired) electrons. The first-order valence-corrected chi connectivity index (χ1v) is 7.54. The molecule has 1 fully saturated rings. The first-order chi connectivity index (χ1) is 10.1. The molecule has 1 saturated heterocycles. The number of nitrogens with two attached hydrogens (primary N) is 1. The maximum absolute atomic E-state index is 12.8. The van der Waals surface area contributed by atoms with Crippen molar-refractivity contribution in [3.8, 4) is 0 Å². The number of carbonyl (C=O) groups excluding carboxylic acids is 1. The largest absolute Gasteiger partial charge is 0.398 e. The summed E-state index contributed by atoms with van der Waals surface area (Å²) in [7, 11) is 0. The Morgan fingerprint density at radius 2 is 2.14 bits per heavy atom. The second kappa shape index (κ2) is 5.35. The molecule has 1 unspecified atom stereocenters. The zero-order valence-corrected chi connectivity index (χ0v) is 12.5. The number of para-hydroxylation sites is 1. The Bertz CT molecular complexity index is 681. The van der Waals surface area contributed by atoms with Crippen molar-refractivity contribution < 1.29 is 4.79 Å². The molecule has 1 amide bonds. The molecule has 0 saturated carbocycles. The van der Waals surface area contributed by atoms with Crippen LogP contribution in [0.15, 0.2) is 30.3 Å². The summed E-state index contributed by atoms with van der Waals surface area (Å²) in [6.07, 6.45) is 2.14. The fourth-order valence-electron chi connectivity index (χ4n) is 3.20. The predicted molar refractivity (Wildman–Crippen MR) is 85.1 cm³/mol. The van der Waals surface area contributed by atoms with Gasteiger partial charge in [-0.05, 0) is 30.9 Å². The molecule has 1 aromatic heterocycles. The SMILES string of the molecule is CC(C)C1CCCN1C(=O)c1cc(N)c2ccccc2n1. The molecule has 0 bridgehead atoms. The standard InChI is InChI=1S/C17H21N3O/c1-11(2)16-8-5-9-20(16)17(21)15-10-13(18)12-6-3-4-7-14(12)19-15/h3-4,6-7,10-11,16H,5,8-9H2,1-2H3,(H2,18,19). The Morgan fingerprint density at radius 1 is 1.38 bits per heavy atom. The monoisotopic (exact) mass is 283 g/mol. The summed E-state index contributed by atoms with van der Waals surface area (Å²) in [6, 6.07) is 9.69. The van der Waals surface area contributed by atoms with Crippen LogP contribution in [0.4, 0.5) is 5.69 Å². The summed E-state index contributed by atoms with van der Waals surface area (Å²) in [5.74, 6) is 0.470. The molecule has 110 valence electrons. The quantitative estimate of drug-likeness (QED) is 0.921. The van der Waals surface area contributed by atoms with Gasteiger partial charge in [-0.2, -0.15) is 0 Å². The van der Waals surface area contributed by atoms with Crippen LogP contribution >= 0.6 is 0 Å². The second-order valence-corrected chi connectivity index (χ2v) is 6.07. The van der Waals surface area contributed by atoms with Gasteiger partial charge in [0.05, 0.1) is 5.52 Å². The highest BCUT2D eigenvalue weighted by Gasteiger charge is 2.32. The summed E-state index contributed by atoms with van der Waals surface area (Å²) >= 11 is 0. The highest BCUT2D eigenvalue weighted by atomic mass is 16.2. The number of amides is 1. The van der Waals surface area contributed by atoms with Gasteiger partial charge in [0.2, 0.25) is 0 Å². The number of hydrogen-bond acceptors (Lipinski definition) is 3. The topological polar surface area (TPSA) is 59.2 Å². The highest BCUT2D eigenvalue weighted by molar-refractivity contribution is 5.99. The number of hydrogen-bond donors (Lipinski definition) is 1. The molecule has 4 nitrogen and oxygen atoms in total. The Kier molecular flexibility index (Phi) is 3.53. The molecule has 3 rings (SSSR count). The zero-order valence-electron chi connectivity index (χ0n) is 12.5. The molecule has 1 aliphatic rings. The van der Waals surface area contributed by atoms with E-state index in [-0.39, 0.29) is 5.91 Å². The van der Waals surface area contributed by atoms with Gasteiger partial charge in [-0.15, -0.1) is 0 Å². The molecule has 1 atom stereocenters. The number of nitrogens with zero attached hydrogens (tertiary/aromatic N) is 2. The number of fused-ring (bicyclic) bond motifs is 1. The van der Waals surface area contributed by atoms with Crippen LogP contribution in [0, 0.1) is 5.92 Å². The minimum Gasteiger partial charge on any atom is -0.398 e. The molecular weight excluding hydrogens is 262 g/mol. The molecule has 21 heavy (non-hydrogen) atoms. The lowest BCUT2D eigenvalue weighted by Gasteiger charge is -2.27. The minimum atomic E-state index is 0.00338. The van der Waals surface area contributed by atoms with Crippen molar-refractivity contribution in [2.45, 2.75) is 32.7 Å². The number of likely N-dealkylation sites (tertiary alicyclic amines) is 1. The van der Waals surface area contributed by atoms with Crippen molar-refractivity contribution in [2.75, 3.05) is 12.3 Å². The Labute approximate surface area is 125 Å². The fourth-order valence-corrected chi connectivity index (χ4v) is 3.20. The van der Waals surface area contributed by atoms with Crippen LogP contribution < -0.4 is 5.73 Å². The van der Waals surface area contributed by atoms with E-state index in [1.165, 1.54) is 0 Å². The van der Waals surface area contributed by atoms with Gasteiger partial charge in [0.1, 0.15) is 5.69 Å². The van der Waals surface area contributed by atoms with Crippen LogP contribution in [0.3, 0.4) is 0 Å². The van der Waals surface area contributed by atoms with E-state index >= 15 is 0 Å². The zero-order chi connectivity index (χ0) is 15.0. The van der Waals surface area contributed by atoms with Gasteiger partial charge < -0.3 is 10.6 Å². The molecule has 4 heteroatoms. The number of anilines is 1. The summed E-state index contributed by atoms with van der Waals surface area (Å²) in [4.78, 5) is 19.2. The van der Waals surface area contributed by atoms with Crippen LogP contribution in [-0.4, -0.2) is 28.4 Å². The third-order valence-electron chi connectivity index (χ3n) is 4.30. The summed E-state index contributed by atoms with van der Waals surface area (Å²) in [5.41, 5.74) is 7.93. The van der Waals surface area contributed by atoms with E-state index in [2.05, 4.69) is 18.8 Å². The predicted octanol–water partition coefficient (Wildman–Crippen LogP) is 3.08. The maximum atomic E-state index is 12.8. The van der Waals surface area contributed by atoms with E-state index in [0.717, 1.165) is 30.3 Å². The number of pyridine rings is 1. The van der Waals surface area contributed by atoms with Gasteiger partial charge in [-0.1, -0.05) is 32.0 Å². The molecule has 1 aliphatic heterocycles. The Hall–Kier alpha value is -2.10. The van der Waals surface area contributed by atoms with Gasteiger partial charge in [-0.3, -0.25) is 4.79 Å². The van der Waals surface area contributed by atoms with Crippen molar-refractivity contribution in [1.29, 1.82) is 0 Å². The number of rotatable bonds is 2. The van der Waals surface area contributed by atoms with E-state index < -0.39 is 0 Å². The lowest BCUT2D eigenvalue weighted by atomic mass is 10.0. The lowest BCUT2D eigenvalue weighted by molar-refractivity contribution is 0.0696. The molecule has 2 heterocycles.